The minimum absolute atomic E-state index is 0. The molecule has 1 aromatic carbocycles. The topological polar surface area (TPSA) is 26.0 Å². The fourth-order valence-electron chi connectivity index (χ4n) is 2.57. The average molecular weight is 319 g/mol. The molecule has 0 fully saturated rings. The summed E-state index contributed by atoms with van der Waals surface area (Å²) in [6.45, 7) is 7.43. The molecule has 1 aromatic rings. The van der Waals surface area contributed by atoms with Crippen LogP contribution in [0.15, 0.2) is 29.8 Å². The summed E-state index contributed by atoms with van der Waals surface area (Å²) in [7, 11) is 0. The van der Waals surface area contributed by atoms with Gasteiger partial charge in [0.15, 0.2) is 0 Å². The monoisotopic (exact) mass is 318 g/mol. The number of allylic oxidation sites excluding steroid dienone is 1. The molecule has 4 heteroatoms. The van der Waals surface area contributed by atoms with Gasteiger partial charge in [0.1, 0.15) is 0 Å². The fraction of sp³-hybridized carbons (Fsp3) is 0.429. The van der Waals surface area contributed by atoms with Gasteiger partial charge in [-0.1, -0.05) is 0 Å². The van der Waals surface area contributed by atoms with Gasteiger partial charge in [-0.3, -0.25) is 0 Å². The van der Waals surface area contributed by atoms with Crippen LogP contribution in [0.3, 0.4) is 0 Å². The Kier molecular flexibility index (Phi) is 6.18. The zero-order chi connectivity index (χ0) is 12.0. The van der Waals surface area contributed by atoms with Gasteiger partial charge in [-0.05, 0) is 0 Å². The predicted octanol–water partition coefficient (Wildman–Crippen LogP) is -3.16. The Labute approximate surface area is 134 Å². The van der Waals surface area contributed by atoms with Crippen LogP contribution in [-0.2, 0) is 24.2 Å². The van der Waals surface area contributed by atoms with Gasteiger partial charge in [-0.25, -0.2) is 0 Å². The minimum Gasteiger partial charge on any atom is -1.00 e. The van der Waals surface area contributed by atoms with Crippen molar-refractivity contribution >= 4 is 6.08 Å². The number of nitrogens with two attached hydrogens (primary N) is 1. The maximum Gasteiger partial charge on any atom is -1.00 e. The van der Waals surface area contributed by atoms with Crippen molar-refractivity contribution in [3.8, 4) is 0 Å². The molecule has 1 aliphatic rings. The second-order valence-electron chi connectivity index (χ2n) is 5.25. The number of hydrogen-bond donors (Lipinski definition) is 1. The van der Waals surface area contributed by atoms with Crippen molar-refractivity contribution in [2.75, 3.05) is 6.54 Å². The van der Waals surface area contributed by atoms with E-state index in [0.29, 0.717) is 6.54 Å². The quantitative estimate of drug-likeness (QED) is 0.572. The fourth-order valence-corrected chi connectivity index (χ4v) is 3.20. The normalized spacial score (nSPS) is 21.6. The molecule has 0 heterocycles. The van der Waals surface area contributed by atoms with E-state index in [1.54, 1.807) is 0 Å². The largest absolute Gasteiger partial charge is 1.00 e. The molecule has 0 bridgehead atoms. The zero-order valence-electron chi connectivity index (χ0n) is 10.9. The summed E-state index contributed by atoms with van der Waals surface area (Å²) in [4.78, 5) is 0. The predicted molar refractivity (Wildman–Crippen MR) is 64.6 cm³/mol. The Bertz CT molecular complexity index is 457. The first kappa shape index (κ1) is 18.2. The maximum atomic E-state index is 5.96. The van der Waals surface area contributed by atoms with E-state index in [4.69, 9.17) is 5.73 Å². The first-order valence-corrected chi connectivity index (χ1v) is 6.45. The van der Waals surface area contributed by atoms with Gasteiger partial charge in [0, 0.05) is 0 Å². The van der Waals surface area contributed by atoms with Gasteiger partial charge < -0.3 is 24.8 Å². The molecule has 1 nitrogen and oxygen atoms in total. The smallest absolute Gasteiger partial charge is 1.00 e. The molecule has 0 aromatic heterocycles. The Morgan fingerprint density at radius 1 is 1.22 bits per heavy atom. The van der Waals surface area contributed by atoms with Crippen LogP contribution in [0.5, 0.6) is 0 Å². The van der Waals surface area contributed by atoms with Crippen LogP contribution < -0.4 is 30.5 Å². The molecule has 0 amide bonds. The first-order valence-electron chi connectivity index (χ1n) is 5.67. The molecular weight excluding hydrogens is 301 g/mol. The number of halogens is 2. The van der Waals surface area contributed by atoms with Gasteiger partial charge in [0.05, 0.1) is 0 Å². The van der Waals surface area contributed by atoms with Crippen molar-refractivity contribution in [3.63, 3.8) is 0 Å². The van der Waals surface area contributed by atoms with E-state index in [2.05, 4.69) is 71.5 Å². The molecule has 97 valence electrons. The van der Waals surface area contributed by atoms with Crippen molar-refractivity contribution < 1.29 is 45.2 Å². The van der Waals surface area contributed by atoms with Gasteiger partial charge in [0.25, 0.3) is 0 Å². The van der Waals surface area contributed by atoms with E-state index in [0.717, 1.165) is 0 Å². The first-order chi connectivity index (χ1) is 7.43. The second-order valence-corrected chi connectivity index (χ2v) is 6.42. The number of benzene rings is 1. The number of rotatable bonds is 2. The van der Waals surface area contributed by atoms with Crippen LogP contribution in [0.1, 0.15) is 31.9 Å². The van der Waals surface area contributed by atoms with Crippen molar-refractivity contribution in [1.82, 2.24) is 0 Å². The third-order valence-corrected chi connectivity index (χ3v) is 5.95. The molecule has 18 heavy (non-hydrogen) atoms. The van der Waals surface area contributed by atoms with E-state index < -0.39 is 0 Å². The van der Waals surface area contributed by atoms with Crippen LogP contribution in [0, 0.1) is 5.41 Å². The summed E-state index contributed by atoms with van der Waals surface area (Å²) in [5.41, 5.74) is 10.2. The number of fused-ring (bicyclic) bond motifs is 1. The van der Waals surface area contributed by atoms with Crippen molar-refractivity contribution in [2.45, 2.75) is 24.5 Å². The van der Waals surface area contributed by atoms with Crippen LogP contribution in [0.2, 0.25) is 0 Å². The maximum absolute atomic E-state index is 5.96. The summed E-state index contributed by atoms with van der Waals surface area (Å²) in [5.74, 6) is 0. The molecule has 0 aliphatic heterocycles. The van der Waals surface area contributed by atoms with Crippen LogP contribution in [0.4, 0.5) is 0 Å². The Balaban J connectivity index is 0.00000144. The van der Waals surface area contributed by atoms with Crippen molar-refractivity contribution in [3.05, 3.63) is 41.0 Å². The van der Waals surface area contributed by atoms with Gasteiger partial charge in [0.2, 0.25) is 0 Å². The number of hydrogen-bond acceptors (Lipinski definition) is 1. The third-order valence-electron chi connectivity index (χ3n) is 3.85. The molecule has 1 unspecified atom stereocenters. The van der Waals surface area contributed by atoms with Gasteiger partial charge >= 0.3 is 110 Å². The SMILES string of the molecule is CC1=Cc2ccccc2[C]1([Ti+2])C(C)(C)CN.[Cl-].[Cl-]. The molecule has 0 saturated heterocycles. The molecule has 0 saturated carbocycles. The molecule has 0 radical (unpaired) electrons. The van der Waals surface area contributed by atoms with E-state index in [9.17, 15) is 0 Å². The van der Waals surface area contributed by atoms with Gasteiger partial charge in [-0.15, -0.1) is 0 Å². The third kappa shape index (κ3) is 2.44. The van der Waals surface area contributed by atoms with Gasteiger partial charge in [-0.2, -0.15) is 0 Å². The zero-order valence-corrected chi connectivity index (χ0v) is 14.0. The second kappa shape index (κ2) is 6.11. The van der Waals surface area contributed by atoms with E-state index in [-0.39, 0.29) is 33.9 Å². The molecular formula is C14H18Cl2NTi. The van der Waals surface area contributed by atoms with Crippen LogP contribution >= 0.6 is 0 Å². The summed E-state index contributed by atoms with van der Waals surface area (Å²) in [5, 5.41) is 0. The molecule has 2 rings (SSSR count). The standard InChI is InChI=1S/C14H18N.2ClH.Ti/c1-10-8-11-6-4-5-7-12(11)13(10)14(2,3)9-15;;;/h4-8H,9,15H2,1-3H3;2*1H;/q;;;+2/p-2. The van der Waals surface area contributed by atoms with Crippen molar-refractivity contribution in [1.29, 1.82) is 0 Å². The van der Waals surface area contributed by atoms with E-state index in [1.807, 2.05) is 0 Å². The van der Waals surface area contributed by atoms with E-state index in [1.165, 1.54) is 16.7 Å². The average Bonchev–Trinajstić information content (AvgIpc) is 2.53. The van der Waals surface area contributed by atoms with E-state index >= 15 is 0 Å². The molecule has 1 atom stereocenters. The Morgan fingerprint density at radius 3 is 2.33 bits per heavy atom. The summed E-state index contributed by atoms with van der Waals surface area (Å²) < 4.78 is 0.0678. The van der Waals surface area contributed by atoms with Crippen molar-refractivity contribution in [2.24, 2.45) is 11.1 Å². The summed E-state index contributed by atoms with van der Waals surface area (Å²) in [6.07, 6.45) is 2.30. The molecule has 0 spiro atoms. The molecule has 2 N–H and O–H groups in total. The minimum atomic E-state index is 0. The summed E-state index contributed by atoms with van der Waals surface area (Å²) in [6, 6.07) is 8.65. The summed E-state index contributed by atoms with van der Waals surface area (Å²) >= 11 is 2.32. The van der Waals surface area contributed by atoms with Crippen LogP contribution in [-0.4, -0.2) is 6.54 Å². The Morgan fingerprint density at radius 2 is 1.78 bits per heavy atom. The molecule has 1 aliphatic carbocycles. The van der Waals surface area contributed by atoms with Crippen LogP contribution in [0.25, 0.3) is 6.08 Å². The Hall–Kier alpha value is 0.214.